The van der Waals surface area contributed by atoms with E-state index in [0.717, 1.165) is 74.8 Å². The predicted octanol–water partition coefficient (Wildman–Crippen LogP) is 7.10. The summed E-state index contributed by atoms with van der Waals surface area (Å²) < 4.78 is 16.4. The van der Waals surface area contributed by atoms with Gasteiger partial charge in [0.25, 0.3) is 0 Å². The molecule has 0 heterocycles. The van der Waals surface area contributed by atoms with Crippen molar-refractivity contribution in [1.82, 2.24) is 0 Å². The van der Waals surface area contributed by atoms with Gasteiger partial charge in [-0.25, -0.2) is 0 Å². The summed E-state index contributed by atoms with van der Waals surface area (Å²) in [7, 11) is 3.01. The number of hydrogen-bond acceptors (Lipinski definition) is 5. The topological polar surface area (TPSA) is 52.4 Å². The van der Waals surface area contributed by atoms with E-state index in [-0.39, 0.29) is 0 Å². The fraction of sp³-hybridized carbons (Fsp3) is 0.500. The number of azo groups is 1. The zero-order valence-corrected chi connectivity index (χ0v) is 19.0. The molecule has 0 fully saturated rings. The summed E-state index contributed by atoms with van der Waals surface area (Å²) >= 11 is 0. The van der Waals surface area contributed by atoms with E-state index in [1.807, 2.05) is 48.5 Å². The van der Waals surface area contributed by atoms with E-state index < -0.39 is 0 Å². The van der Waals surface area contributed by atoms with E-state index >= 15 is 0 Å². The highest BCUT2D eigenvalue weighted by Gasteiger charge is 1.98. The summed E-state index contributed by atoms with van der Waals surface area (Å²) in [4.78, 5) is 0. The lowest BCUT2D eigenvalue weighted by atomic mass is 10.2. The Hall–Kier alpha value is -2.18. The van der Waals surface area contributed by atoms with Gasteiger partial charge in [0, 0.05) is 6.61 Å². The zero-order valence-electron chi connectivity index (χ0n) is 18.0. The number of benzene rings is 2. The molecule has 0 spiro atoms. The minimum atomic E-state index is 0.725. The molecule has 3 radical (unpaired) electrons. The van der Waals surface area contributed by atoms with E-state index in [4.69, 9.17) is 13.9 Å². The molecule has 0 bridgehead atoms. The molecule has 2 rings (SSSR count). The first kappa shape index (κ1) is 24.1. The second-order valence-corrected chi connectivity index (χ2v) is 7.50. The van der Waals surface area contributed by atoms with E-state index in [1.165, 1.54) is 19.3 Å². The molecule has 30 heavy (non-hydrogen) atoms. The second kappa shape index (κ2) is 15.6. The molecule has 161 valence electrons. The van der Waals surface area contributed by atoms with Crippen molar-refractivity contribution in [3.05, 3.63) is 48.5 Å². The maximum absolute atomic E-state index is 5.77. The van der Waals surface area contributed by atoms with Crippen LogP contribution in [0.15, 0.2) is 58.8 Å². The third-order valence-corrected chi connectivity index (χ3v) is 4.83. The van der Waals surface area contributed by atoms with Crippen molar-refractivity contribution in [3.8, 4) is 11.5 Å². The number of hydrogen-bond donors (Lipinski definition) is 0. The van der Waals surface area contributed by atoms with Crippen molar-refractivity contribution in [2.24, 2.45) is 10.2 Å². The van der Waals surface area contributed by atoms with Crippen molar-refractivity contribution in [3.63, 3.8) is 0 Å². The molecular formula is C24H33N2O3Si. The Morgan fingerprint density at radius 2 is 1.03 bits per heavy atom. The SMILES string of the molecule is CCCCCCOc1ccc(N=Nc2ccc(OCCCCCCO[Si])cc2)cc1. The highest BCUT2D eigenvalue weighted by atomic mass is 28.2. The maximum atomic E-state index is 5.77. The summed E-state index contributed by atoms with van der Waals surface area (Å²) in [5.74, 6) is 1.74. The molecule has 0 amide bonds. The highest BCUT2D eigenvalue weighted by molar-refractivity contribution is 5.97. The van der Waals surface area contributed by atoms with Crippen LogP contribution in [0.3, 0.4) is 0 Å². The van der Waals surface area contributed by atoms with Crippen molar-refractivity contribution >= 4 is 21.9 Å². The molecule has 0 atom stereocenters. The maximum Gasteiger partial charge on any atom is 0.246 e. The normalized spacial score (nSPS) is 11.1. The third-order valence-electron chi connectivity index (χ3n) is 4.63. The second-order valence-electron chi connectivity index (χ2n) is 7.21. The average Bonchev–Trinajstić information content (AvgIpc) is 2.78. The first-order valence-electron chi connectivity index (χ1n) is 11.0. The largest absolute Gasteiger partial charge is 0.494 e. The van der Waals surface area contributed by atoms with Gasteiger partial charge in [-0.1, -0.05) is 32.6 Å². The van der Waals surface area contributed by atoms with E-state index in [0.29, 0.717) is 0 Å². The number of nitrogens with zero attached hydrogens (tertiary/aromatic N) is 2. The molecule has 0 unspecified atom stereocenters. The van der Waals surface area contributed by atoms with Crippen LogP contribution in [0.1, 0.15) is 58.3 Å². The summed E-state index contributed by atoms with van der Waals surface area (Å²) in [6, 6.07) is 15.4. The van der Waals surface area contributed by atoms with Gasteiger partial charge in [0.1, 0.15) is 11.5 Å². The van der Waals surface area contributed by atoms with Crippen LogP contribution >= 0.6 is 0 Å². The van der Waals surface area contributed by atoms with Gasteiger partial charge < -0.3 is 13.9 Å². The molecule has 0 aliphatic carbocycles. The van der Waals surface area contributed by atoms with E-state index in [9.17, 15) is 0 Å². The Kier molecular flexibility index (Phi) is 12.6. The van der Waals surface area contributed by atoms with Crippen molar-refractivity contribution in [2.45, 2.75) is 58.3 Å². The smallest absolute Gasteiger partial charge is 0.246 e. The Morgan fingerprint density at radius 3 is 1.47 bits per heavy atom. The lowest BCUT2D eigenvalue weighted by Crippen LogP contribution is -1.97. The quantitative estimate of drug-likeness (QED) is 0.164. The fourth-order valence-corrected chi connectivity index (χ4v) is 3.02. The molecule has 0 saturated carbocycles. The van der Waals surface area contributed by atoms with Crippen molar-refractivity contribution in [1.29, 1.82) is 0 Å². The van der Waals surface area contributed by atoms with Crippen molar-refractivity contribution < 1.29 is 13.9 Å². The molecule has 2 aromatic rings. The summed E-state index contributed by atoms with van der Waals surface area (Å²) in [6.45, 7) is 4.46. The molecule has 0 N–H and O–H groups in total. The molecule has 2 aromatic carbocycles. The zero-order chi connectivity index (χ0) is 21.3. The van der Waals surface area contributed by atoms with Crippen LogP contribution in [0.4, 0.5) is 11.4 Å². The van der Waals surface area contributed by atoms with Crippen LogP contribution in [0.5, 0.6) is 11.5 Å². The molecule has 5 nitrogen and oxygen atoms in total. The number of rotatable bonds is 16. The Balaban J connectivity index is 1.68. The summed E-state index contributed by atoms with van der Waals surface area (Å²) in [5, 5.41) is 8.59. The average molecular weight is 426 g/mol. The standard InChI is InChI=1S/C24H33N2O3Si/c1-2-3-4-7-18-27-23-14-10-21(11-15-23)25-26-22-12-16-24(17-13-22)28-19-8-5-6-9-20-29-30/h10-17H,2-9,18-20H2,1H3. The van der Waals surface area contributed by atoms with Gasteiger partial charge in [-0.15, -0.1) is 0 Å². The van der Waals surface area contributed by atoms with Crippen LogP contribution in [-0.2, 0) is 4.43 Å². The Bertz CT molecular complexity index is 705. The minimum Gasteiger partial charge on any atom is -0.494 e. The molecule has 0 aliphatic heterocycles. The lowest BCUT2D eigenvalue weighted by molar-refractivity contribution is 0.296. The Labute approximate surface area is 184 Å². The summed E-state index contributed by atoms with van der Waals surface area (Å²) in [5.41, 5.74) is 1.60. The fourth-order valence-electron chi connectivity index (χ4n) is 2.87. The Morgan fingerprint density at radius 1 is 0.600 bits per heavy atom. The highest BCUT2D eigenvalue weighted by Crippen LogP contribution is 2.23. The van der Waals surface area contributed by atoms with Crippen LogP contribution in [0.25, 0.3) is 0 Å². The van der Waals surface area contributed by atoms with E-state index in [2.05, 4.69) is 27.6 Å². The number of ether oxygens (including phenoxy) is 2. The molecule has 0 aromatic heterocycles. The van der Waals surface area contributed by atoms with Gasteiger partial charge in [0.05, 0.1) is 24.6 Å². The third kappa shape index (κ3) is 10.6. The van der Waals surface area contributed by atoms with Gasteiger partial charge in [-0.3, -0.25) is 0 Å². The first-order valence-corrected chi connectivity index (χ1v) is 11.4. The van der Waals surface area contributed by atoms with Crippen LogP contribution < -0.4 is 9.47 Å². The summed E-state index contributed by atoms with van der Waals surface area (Å²) in [6.07, 6.45) is 9.23. The molecule has 6 heteroatoms. The lowest BCUT2D eigenvalue weighted by Gasteiger charge is -2.06. The van der Waals surface area contributed by atoms with Gasteiger partial charge in [-0.2, -0.15) is 10.2 Å². The van der Waals surface area contributed by atoms with E-state index in [1.54, 1.807) is 0 Å². The monoisotopic (exact) mass is 425 g/mol. The van der Waals surface area contributed by atoms with Crippen LogP contribution in [0.2, 0.25) is 0 Å². The molecule has 0 saturated heterocycles. The molecular weight excluding hydrogens is 392 g/mol. The number of unbranched alkanes of at least 4 members (excludes halogenated alkanes) is 6. The predicted molar refractivity (Wildman–Crippen MR) is 122 cm³/mol. The van der Waals surface area contributed by atoms with Gasteiger partial charge in [-0.05, 0) is 74.2 Å². The van der Waals surface area contributed by atoms with Crippen LogP contribution in [-0.4, -0.2) is 30.3 Å². The van der Waals surface area contributed by atoms with Crippen LogP contribution in [0, 0.1) is 0 Å². The minimum absolute atomic E-state index is 0.725. The first-order chi connectivity index (χ1) is 14.8. The van der Waals surface area contributed by atoms with Crippen molar-refractivity contribution in [2.75, 3.05) is 19.8 Å². The van der Waals surface area contributed by atoms with Gasteiger partial charge in [0.15, 0.2) is 0 Å². The van der Waals surface area contributed by atoms with Gasteiger partial charge in [0.2, 0.25) is 10.5 Å². The molecule has 0 aliphatic rings. The van der Waals surface area contributed by atoms with Gasteiger partial charge >= 0.3 is 0 Å².